The van der Waals surface area contributed by atoms with Crippen molar-refractivity contribution in [2.45, 2.75) is 11.8 Å². The lowest BCUT2D eigenvalue weighted by Crippen LogP contribution is -2.14. The number of nitrogens with one attached hydrogen (secondary N) is 1. The Balaban J connectivity index is 2.39. The van der Waals surface area contributed by atoms with E-state index in [-0.39, 0.29) is 17.3 Å². The summed E-state index contributed by atoms with van der Waals surface area (Å²) in [4.78, 5) is 0.0648. The third-order valence-electron chi connectivity index (χ3n) is 2.36. The van der Waals surface area contributed by atoms with E-state index in [2.05, 4.69) is 21.7 Å². The molecule has 0 unspecified atom stereocenters. The standard InChI is InChI=1S/C13H13N3O3S/c1-10-9-13(19-15-10)16-20(17,18)12-7-3-2-5-11(12)6-4-8-14/h2-3,5,7,9,16H,8,14H2,1H3. The molecule has 0 amide bonds. The molecule has 104 valence electrons. The predicted octanol–water partition coefficient (Wildman–Crippen LogP) is 1.09. The average molecular weight is 291 g/mol. The molecule has 7 heteroatoms. The van der Waals surface area contributed by atoms with Gasteiger partial charge in [0.2, 0.25) is 5.88 Å². The Kier molecular flexibility index (Phi) is 4.08. The van der Waals surface area contributed by atoms with E-state index in [1.165, 1.54) is 12.1 Å². The normalized spacial score (nSPS) is 10.7. The lowest BCUT2D eigenvalue weighted by molar-refractivity contribution is 0.430. The number of sulfonamides is 1. The maximum atomic E-state index is 12.3. The number of rotatable bonds is 3. The number of nitrogens with two attached hydrogens (primary N) is 1. The highest BCUT2D eigenvalue weighted by Crippen LogP contribution is 2.19. The van der Waals surface area contributed by atoms with Crippen LogP contribution in [0.25, 0.3) is 0 Å². The van der Waals surface area contributed by atoms with Gasteiger partial charge in [0.1, 0.15) is 4.90 Å². The van der Waals surface area contributed by atoms with Crippen molar-refractivity contribution in [3.63, 3.8) is 0 Å². The maximum Gasteiger partial charge on any atom is 0.265 e. The lowest BCUT2D eigenvalue weighted by Gasteiger charge is -2.06. The zero-order valence-corrected chi connectivity index (χ0v) is 11.6. The summed E-state index contributed by atoms with van der Waals surface area (Å²) in [6.45, 7) is 1.85. The van der Waals surface area contributed by atoms with Crippen LogP contribution in [0.1, 0.15) is 11.3 Å². The molecule has 0 saturated heterocycles. The molecule has 6 nitrogen and oxygen atoms in total. The molecule has 0 spiro atoms. The Morgan fingerprint density at radius 3 is 2.80 bits per heavy atom. The quantitative estimate of drug-likeness (QED) is 0.825. The van der Waals surface area contributed by atoms with Crippen molar-refractivity contribution in [3.8, 4) is 11.8 Å². The van der Waals surface area contributed by atoms with Crippen LogP contribution in [-0.4, -0.2) is 20.1 Å². The largest absolute Gasteiger partial charge is 0.338 e. The second kappa shape index (κ2) is 5.77. The van der Waals surface area contributed by atoms with Crippen LogP contribution in [-0.2, 0) is 10.0 Å². The molecular weight excluding hydrogens is 278 g/mol. The lowest BCUT2D eigenvalue weighted by atomic mass is 10.2. The molecule has 0 aliphatic rings. The number of anilines is 1. The Morgan fingerprint density at radius 1 is 1.40 bits per heavy atom. The Hall–Kier alpha value is -2.30. The molecule has 0 atom stereocenters. The van der Waals surface area contributed by atoms with Crippen LogP contribution < -0.4 is 10.5 Å². The van der Waals surface area contributed by atoms with Crippen molar-refractivity contribution in [3.05, 3.63) is 41.6 Å². The molecule has 2 aromatic rings. The van der Waals surface area contributed by atoms with E-state index in [9.17, 15) is 8.42 Å². The van der Waals surface area contributed by atoms with E-state index in [0.717, 1.165) is 0 Å². The van der Waals surface area contributed by atoms with Gasteiger partial charge in [-0.15, -0.1) is 0 Å². The molecule has 2 rings (SSSR count). The number of hydrogen-bond acceptors (Lipinski definition) is 5. The first-order chi connectivity index (χ1) is 9.53. The van der Waals surface area contributed by atoms with E-state index >= 15 is 0 Å². The fraction of sp³-hybridized carbons (Fsp3) is 0.154. The predicted molar refractivity (Wildman–Crippen MR) is 74.4 cm³/mol. The molecular formula is C13H13N3O3S. The van der Waals surface area contributed by atoms with Gasteiger partial charge in [-0.05, 0) is 19.1 Å². The van der Waals surface area contributed by atoms with Crippen molar-refractivity contribution in [2.75, 3.05) is 11.3 Å². The number of aromatic nitrogens is 1. The summed E-state index contributed by atoms with van der Waals surface area (Å²) in [6, 6.07) is 7.90. The van der Waals surface area contributed by atoms with Crippen LogP contribution in [0.3, 0.4) is 0 Å². The fourth-order valence-electron chi connectivity index (χ4n) is 1.55. The first kappa shape index (κ1) is 14.1. The van der Waals surface area contributed by atoms with Crippen molar-refractivity contribution >= 4 is 15.9 Å². The van der Waals surface area contributed by atoms with Crippen LogP contribution in [0.15, 0.2) is 39.8 Å². The second-order valence-corrected chi connectivity index (χ2v) is 5.59. The van der Waals surface area contributed by atoms with Gasteiger partial charge >= 0.3 is 0 Å². The maximum absolute atomic E-state index is 12.3. The number of hydrogen-bond donors (Lipinski definition) is 2. The van der Waals surface area contributed by atoms with Gasteiger partial charge < -0.3 is 10.3 Å². The molecule has 20 heavy (non-hydrogen) atoms. The van der Waals surface area contributed by atoms with Gasteiger partial charge in [-0.25, -0.2) is 13.1 Å². The minimum atomic E-state index is -3.79. The molecule has 0 saturated carbocycles. The Bertz CT molecular complexity index is 769. The molecule has 1 aromatic heterocycles. The van der Waals surface area contributed by atoms with E-state index in [4.69, 9.17) is 10.3 Å². The monoisotopic (exact) mass is 291 g/mol. The summed E-state index contributed by atoms with van der Waals surface area (Å²) in [5, 5.41) is 3.62. The van der Waals surface area contributed by atoms with Crippen LogP contribution in [0, 0.1) is 18.8 Å². The fourth-order valence-corrected chi connectivity index (χ4v) is 2.69. The van der Waals surface area contributed by atoms with Gasteiger partial charge in [0, 0.05) is 11.6 Å². The first-order valence-electron chi connectivity index (χ1n) is 5.77. The summed E-state index contributed by atoms with van der Waals surface area (Å²) in [5.41, 5.74) is 6.26. The Morgan fingerprint density at radius 2 is 2.15 bits per heavy atom. The molecule has 0 aliphatic heterocycles. The summed E-state index contributed by atoms with van der Waals surface area (Å²) in [6.07, 6.45) is 0. The van der Waals surface area contributed by atoms with Crippen LogP contribution in [0.5, 0.6) is 0 Å². The zero-order valence-electron chi connectivity index (χ0n) is 10.8. The van der Waals surface area contributed by atoms with E-state index in [1.807, 2.05) is 0 Å². The molecule has 1 aromatic carbocycles. The highest BCUT2D eigenvalue weighted by molar-refractivity contribution is 7.92. The topological polar surface area (TPSA) is 98.2 Å². The Labute approximate surface area is 117 Å². The highest BCUT2D eigenvalue weighted by atomic mass is 32.2. The highest BCUT2D eigenvalue weighted by Gasteiger charge is 2.19. The second-order valence-electron chi connectivity index (χ2n) is 3.94. The smallest absolute Gasteiger partial charge is 0.265 e. The summed E-state index contributed by atoms with van der Waals surface area (Å²) in [7, 11) is -3.79. The average Bonchev–Trinajstić information content (AvgIpc) is 2.81. The van der Waals surface area contributed by atoms with Gasteiger partial charge in [0.05, 0.1) is 12.2 Å². The van der Waals surface area contributed by atoms with Crippen LogP contribution >= 0.6 is 0 Å². The van der Waals surface area contributed by atoms with Crippen molar-refractivity contribution in [1.29, 1.82) is 0 Å². The molecule has 0 fully saturated rings. The summed E-state index contributed by atoms with van der Waals surface area (Å²) in [5.74, 6) is 5.42. The summed E-state index contributed by atoms with van der Waals surface area (Å²) >= 11 is 0. The van der Waals surface area contributed by atoms with Gasteiger partial charge in [-0.2, -0.15) is 0 Å². The third kappa shape index (κ3) is 3.17. The SMILES string of the molecule is Cc1cc(NS(=O)(=O)c2ccccc2C#CCN)on1. The zero-order chi connectivity index (χ0) is 14.6. The van der Waals surface area contributed by atoms with Gasteiger partial charge in [0.15, 0.2) is 0 Å². The van der Waals surface area contributed by atoms with Crippen molar-refractivity contribution in [2.24, 2.45) is 5.73 Å². The number of aryl methyl sites for hydroxylation is 1. The van der Waals surface area contributed by atoms with Crippen molar-refractivity contribution < 1.29 is 12.9 Å². The van der Waals surface area contributed by atoms with Crippen molar-refractivity contribution in [1.82, 2.24) is 5.16 Å². The molecule has 0 bridgehead atoms. The van der Waals surface area contributed by atoms with Gasteiger partial charge in [-0.1, -0.05) is 29.1 Å². The summed E-state index contributed by atoms with van der Waals surface area (Å²) < 4.78 is 31.8. The number of nitrogens with zero attached hydrogens (tertiary/aromatic N) is 1. The van der Waals surface area contributed by atoms with Gasteiger partial charge in [0.25, 0.3) is 10.0 Å². The molecule has 3 N–H and O–H groups in total. The minimum Gasteiger partial charge on any atom is -0.338 e. The molecule has 0 radical (unpaired) electrons. The molecule has 0 aliphatic carbocycles. The van der Waals surface area contributed by atoms with Crippen LogP contribution in [0.4, 0.5) is 5.88 Å². The first-order valence-corrected chi connectivity index (χ1v) is 7.25. The van der Waals surface area contributed by atoms with Crippen LogP contribution in [0.2, 0.25) is 0 Å². The van der Waals surface area contributed by atoms with E-state index in [1.54, 1.807) is 25.1 Å². The van der Waals surface area contributed by atoms with E-state index < -0.39 is 10.0 Å². The third-order valence-corrected chi connectivity index (χ3v) is 3.77. The van der Waals surface area contributed by atoms with E-state index in [0.29, 0.717) is 11.3 Å². The van der Waals surface area contributed by atoms with Gasteiger partial charge in [-0.3, -0.25) is 0 Å². The minimum absolute atomic E-state index is 0.0593. The molecule has 1 heterocycles. The number of benzene rings is 1.